The third kappa shape index (κ3) is 1.44. The molecule has 0 aliphatic heterocycles. The Labute approximate surface area is 95.0 Å². The van der Waals surface area contributed by atoms with Crippen LogP contribution in [0.3, 0.4) is 0 Å². The molecule has 2 aromatic rings. The topological polar surface area (TPSA) is 20.2 Å². The monoisotopic (exact) mass is 210 g/mol. The molecule has 0 spiro atoms. The Morgan fingerprint density at radius 1 is 1.12 bits per heavy atom. The van der Waals surface area contributed by atoms with Crippen LogP contribution in [0.2, 0.25) is 0 Å². The minimum absolute atomic E-state index is 0.219. The van der Waals surface area contributed by atoms with E-state index in [1.807, 2.05) is 0 Å². The zero-order valence-corrected chi connectivity index (χ0v) is 9.11. The van der Waals surface area contributed by atoms with Gasteiger partial charge >= 0.3 is 0 Å². The normalized spacial score (nSPS) is 13.3. The van der Waals surface area contributed by atoms with Gasteiger partial charge in [0.05, 0.1) is 0 Å². The summed E-state index contributed by atoms with van der Waals surface area (Å²) in [6, 6.07) is 10.9. The quantitative estimate of drug-likeness (QED) is 0.808. The molecule has 0 fully saturated rings. The molecule has 1 nitrogen and oxygen atoms in total. The summed E-state index contributed by atoms with van der Waals surface area (Å²) in [6.45, 7) is 0.219. The molecular formula is C15H14O. The summed E-state index contributed by atoms with van der Waals surface area (Å²) in [5.74, 6) is 0. The molecular weight excluding hydrogens is 196 g/mol. The average Bonchev–Trinajstić information content (AvgIpc) is 2.77. The van der Waals surface area contributed by atoms with E-state index in [0.29, 0.717) is 0 Å². The minimum atomic E-state index is 0.219. The molecule has 1 aliphatic carbocycles. The predicted molar refractivity (Wildman–Crippen MR) is 67.5 cm³/mol. The van der Waals surface area contributed by atoms with Crippen LogP contribution in [0.1, 0.15) is 16.7 Å². The molecule has 1 N–H and O–H groups in total. The fraction of sp³-hybridized carbons (Fsp3) is 0.200. The van der Waals surface area contributed by atoms with Crippen molar-refractivity contribution in [3.8, 4) is 0 Å². The highest BCUT2D eigenvalue weighted by Crippen LogP contribution is 2.29. The first-order chi connectivity index (χ1) is 7.88. The van der Waals surface area contributed by atoms with E-state index in [9.17, 15) is 0 Å². The first kappa shape index (κ1) is 9.61. The van der Waals surface area contributed by atoms with Crippen molar-refractivity contribution in [3.63, 3.8) is 0 Å². The molecule has 0 atom stereocenters. The van der Waals surface area contributed by atoms with E-state index in [1.54, 1.807) is 0 Å². The van der Waals surface area contributed by atoms with Gasteiger partial charge in [0.2, 0.25) is 0 Å². The summed E-state index contributed by atoms with van der Waals surface area (Å²) in [5.41, 5.74) is 3.99. The highest BCUT2D eigenvalue weighted by atomic mass is 16.2. The van der Waals surface area contributed by atoms with Gasteiger partial charge in [0.15, 0.2) is 0 Å². The highest BCUT2D eigenvalue weighted by molar-refractivity contribution is 5.93. The van der Waals surface area contributed by atoms with Crippen molar-refractivity contribution in [2.24, 2.45) is 0 Å². The summed E-state index contributed by atoms with van der Waals surface area (Å²) >= 11 is 0. The van der Waals surface area contributed by atoms with E-state index in [1.165, 1.54) is 27.5 Å². The van der Waals surface area contributed by atoms with Gasteiger partial charge in [0, 0.05) is 6.61 Å². The van der Waals surface area contributed by atoms with E-state index in [0.717, 1.165) is 12.8 Å². The molecule has 3 rings (SSSR count). The van der Waals surface area contributed by atoms with Crippen LogP contribution < -0.4 is 0 Å². The lowest BCUT2D eigenvalue weighted by atomic mass is 9.98. The van der Waals surface area contributed by atoms with Crippen molar-refractivity contribution in [2.45, 2.75) is 12.8 Å². The first-order valence-corrected chi connectivity index (χ1v) is 5.70. The van der Waals surface area contributed by atoms with E-state index in [4.69, 9.17) is 5.11 Å². The Kier molecular flexibility index (Phi) is 2.26. The van der Waals surface area contributed by atoms with Gasteiger partial charge in [-0.1, -0.05) is 42.5 Å². The summed E-state index contributed by atoms with van der Waals surface area (Å²) in [4.78, 5) is 0. The third-order valence-corrected chi connectivity index (χ3v) is 3.24. The largest absolute Gasteiger partial charge is 0.396 e. The van der Waals surface area contributed by atoms with Crippen molar-refractivity contribution in [3.05, 3.63) is 53.1 Å². The second-order valence-corrected chi connectivity index (χ2v) is 4.27. The van der Waals surface area contributed by atoms with E-state index in [2.05, 4.69) is 42.5 Å². The molecule has 16 heavy (non-hydrogen) atoms. The summed E-state index contributed by atoms with van der Waals surface area (Å²) in [7, 11) is 0. The molecule has 1 heteroatoms. The number of hydrogen-bond donors (Lipinski definition) is 1. The number of aliphatic hydroxyl groups excluding tert-OH is 1. The van der Waals surface area contributed by atoms with Crippen LogP contribution in [0.4, 0.5) is 0 Å². The molecule has 1 aliphatic rings. The number of fused-ring (bicyclic) bond motifs is 3. The molecule has 0 saturated carbocycles. The third-order valence-electron chi connectivity index (χ3n) is 3.24. The summed E-state index contributed by atoms with van der Waals surface area (Å²) in [6.07, 6.45) is 6.22. The Hall–Kier alpha value is -1.60. The van der Waals surface area contributed by atoms with Gasteiger partial charge < -0.3 is 5.11 Å². The maximum absolute atomic E-state index is 8.94. The molecule has 2 aromatic carbocycles. The standard InChI is InChI=1S/C15H14O/c16-9-8-11-4-7-15-13(10-11)6-5-12-2-1-3-14(12)15/h1,3-7,10,16H,2,8-9H2. The molecule has 0 radical (unpaired) electrons. The molecule has 0 amide bonds. The molecule has 0 aromatic heterocycles. The molecule has 0 saturated heterocycles. The number of benzene rings is 2. The van der Waals surface area contributed by atoms with Gasteiger partial charge in [0.1, 0.15) is 0 Å². The van der Waals surface area contributed by atoms with Crippen molar-refractivity contribution in [1.29, 1.82) is 0 Å². The lowest BCUT2D eigenvalue weighted by Crippen LogP contribution is -1.91. The van der Waals surface area contributed by atoms with Crippen molar-refractivity contribution in [2.75, 3.05) is 6.61 Å². The van der Waals surface area contributed by atoms with Crippen LogP contribution in [-0.2, 0) is 12.8 Å². The van der Waals surface area contributed by atoms with Crippen molar-refractivity contribution >= 4 is 16.8 Å². The van der Waals surface area contributed by atoms with Gasteiger partial charge in [-0.25, -0.2) is 0 Å². The maximum Gasteiger partial charge on any atom is 0.0471 e. The molecule has 80 valence electrons. The lowest BCUT2D eigenvalue weighted by Gasteiger charge is -2.06. The van der Waals surface area contributed by atoms with E-state index in [-0.39, 0.29) is 6.61 Å². The maximum atomic E-state index is 8.94. The van der Waals surface area contributed by atoms with Crippen molar-refractivity contribution < 1.29 is 5.11 Å². The van der Waals surface area contributed by atoms with Gasteiger partial charge in [-0.05, 0) is 40.3 Å². The van der Waals surface area contributed by atoms with E-state index < -0.39 is 0 Å². The fourth-order valence-electron chi connectivity index (χ4n) is 2.41. The number of allylic oxidation sites excluding steroid dienone is 1. The Morgan fingerprint density at radius 3 is 2.94 bits per heavy atom. The van der Waals surface area contributed by atoms with Gasteiger partial charge in [-0.2, -0.15) is 0 Å². The van der Waals surface area contributed by atoms with Gasteiger partial charge in [0.25, 0.3) is 0 Å². The van der Waals surface area contributed by atoms with Crippen LogP contribution in [0.15, 0.2) is 36.4 Å². The molecule has 0 unspecified atom stereocenters. The van der Waals surface area contributed by atoms with Crippen LogP contribution >= 0.6 is 0 Å². The molecule has 0 heterocycles. The number of aliphatic hydroxyl groups is 1. The Bertz CT molecular complexity index is 567. The highest BCUT2D eigenvalue weighted by Gasteiger charge is 2.08. The second-order valence-electron chi connectivity index (χ2n) is 4.27. The Balaban J connectivity index is 2.20. The van der Waals surface area contributed by atoms with E-state index >= 15 is 0 Å². The summed E-state index contributed by atoms with van der Waals surface area (Å²) in [5, 5.41) is 11.5. The van der Waals surface area contributed by atoms with Crippen LogP contribution in [0, 0.1) is 0 Å². The van der Waals surface area contributed by atoms with Crippen molar-refractivity contribution in [1.82, 2.24) is 0 Å². The minimum Gasteiger partial charge on any atom is -0.396 e. The number of hydrogen-bond acceptors (Lipinski definition) is 1. The molecule has 0 bridgehead atoms. The second kappa shape index (κ2) is 3.76. The zero-order valence-electron chi connectivity index (χ0n) is 9.11. The van der Waals surface area contributed by atoms with Crippen LogP contribution in [0.25, 0.3) is 16.8 Å². The zero-order chi connectivity index (χ0) is 11.0. The van der Waals surface area contributed by atoms with Gasteiger partial charge in [-0.15, -0.1) is 0 Å². The van der Waals surface area contributed by atoms with Crippen LogP contribution in [-0.4, -0.2) is 11.7 Å². The first-order valence-electron chi connectivity index (χ1n) is 5.70. The SMILES string of the molecule is OCCc1ccc2c3c(ccc2c1)CC=C3. The number of rotatable bonds is 2. The Morgan fingerprint density at radius 2 is 2.06 bits per heavy atom. The predicted octanol–water partition coefficient (Wildman–Crippen LogP) is 2.94. The smallest absolute Gasteiger partial charge is 0.0471 e. The fourth-order valence-corrected chi connectivity index (χ4v) is 2.41. The summed E-state index contributed by atoms with van der Waals surface area (Å²) < 4.78 is 0. The van der Waals surface area contributed by atoms with Gasteiger partial charge in [-0.3, -0.25) is 0 Å². The van der Waals surface area contributed by atoms with Crippen LogP contribution in [0.5, 0.6) is 0 Å². The average molecular weight is 210 g/mol. The lowest BCUT2D eigenvalue weighted by molar-refractivity contribution is 0.299.